The molecule has 0 spiro atoms. The predicted octanol–water partition coefficient (Wildman–Crippen LogP) is 3.91. The van der Waals surface area contributed by atoms with E-state index in [0.29, 0.717) is 34.8 Å². The SMILES string of the molecule is COC(=O)CC1(C(=O)OC)N=C(c2cccc(Br)c2OCCO[Si](C)(C)C(C)(C)C)N(C)O1. The van der Waals surface area contributed by atoms with Crippen molar-refractivity contribution in [2.24, 2.45) is 4.99 Å². The lowest BCUT2D eigenvalue weighted by Crippen LogP contribution is -2.42. The number of ether oxygens (including phenoxy) is 3. The average Bonchev–Trinajstić information content (AvgIpc) is 3.07. The van der Waals surface area contributed by atoms with Crippen LogP contribution in [0.4, 0.5) is 0 Å². The van der Waals surface area contributed by atoms with Crippen LogP contribution in [0.1, 0.15) is 32.8 Å². The molecular weight excluding hydrogens is 512 g/mol. The van der Waals surface area contributed by atoms with Gasteiger partial charge in [0, 0.05) is 7.05 Å². The Labute approximate surface area is 204 Å². The highest BCUT2D eigenvalue weighted by molar-refractivity contribution is 9.10. The van der Waals surface area contributed by atoms with Crippen LogP contribution in [-0.2, 0) is 28.3 Å². The van der Waals surface area contributed by atoms with E-state index in [-0.39, 0.29) is 5.04 Å². The first-order valence-electron chi connectivity index (χ1n) is 10.5. The average molecular weight is 546 g/mol. The smallest absolute Gasteiger partial charge is 0.364 e. The van der Waals surface area contributed by atoms with Gasteiger partial charge in [0.2, 0.25) is 0 Å². The molecular formula is C22H33BrN2O7Si. The van der Waals surface area contributed by atoms with Crippen molar-refractivity contribution < 1.29 is 33.1 Å². The number of carbonyl (C=O) groups excluding carboxylic acids is 2. The molecule has 1 aliphatic rings. The predicted molar refractivity (Wildman–Crippen MR) is 130 cm³/mol. The van der Waals surface area contributed by atoms with Gasteiger partial charge in [0.15, 0.2) is 14.2 Å². The first kappa shape index (κ1) is 27.3. The fraction of sp³-hybridized carbons (Fsp3) is 0.591. The molecule has 0 radical (unpaired) electrons. The van der Waals surface area contributed by atoms with Gasteiger partial charge in [-0.3, -0.25) is 4.79 Å². The number of hydroxylamine groups is 2. The quantitative estimate of drug-likeness (QED) is 0.262. The molecule has 0 aliphatic carbocycles. The van der Waals surface area contributed by atoms with Crippen molar-refractivity contribution in [2.75, 3.05) is 34.5 Å². The van der Waals surface area contributed by atoms with Gasteiger partial charge in [0.25, 0.3) is 5.72 Å². The lowest BCUT2D eigenvalue weighted by molar-refractivity contribution is -0.205. The molecule has 0 saturated heterocycles. The van der Waals surface area contributed by atoms with E-state index in [0.717, 1.165) is 0 Å². The molecule has 9 nitrogen and oxygen atoms in total. The van der Waals surface area contributed by atoms with E-state index in [2.05, 4.69) is 54.8 Å². The monoisotopic (exact) mass is 544 g/mol. The molecule has 1 heterocycles. The standard InChI is InChI=1S/C22H33BrN2O7Si/c1-21(2,3)33(7,8)31-13-12-30-18-15(10-9-11-16(18)23)19-24-22(20(27)29-6,32-25(19)4)14-17(26)28-5/h9-11H,12-14H2,1-8H3. The maximum Gasteiger partial charge on any atom is 0.364 e. The molecule has 0 N–H and O–H groups in total. The number of amidine groups is 1. The Morgan fingerprint density at radius 2 is 1.85 bits per heavy atom. The van der Waals surface area contributed by atoms with Gasteiger partial charge in [0.1, 0.15) is 18.8 Å². The number of para-hydroxylation sites is 1. The number of hydrogen-bond acceptors (Lipinski definition) is 9. The molecule has 0 aromatic heterocycles. The summed E-state index contributed by atoms with van der Waals surface area (Å²) in [5.41, 5.74) is -1.30. The molecule has 1 aliphatic heterocycles. The zero-order valence-corrected chi connectivity index (χ0v) is 23.1. The lowest BCUT2D eigenvalue weighted by atomic mass is 10.1. The Morgan fingerprint density at radius 3 is 2.42 bits per heavy atom. The molecule has 1 aromatic rings. The normalized spacial score (nSPS) is 18.7. The number of esters is 2. The highest BCUT2D eigenvalue weighted by Crippen LogP contribution is 2.37. The number of nitrogens with zero attached hydrogens (tertiary/aromatic N) is 2. The van der Waals surface area contributed by atoms with E-state index < -0.39 is 32.4 Å². The number of benzene rings is 1. The summed E-state index contributed by atoms with van der Waals surface area (Å²) in [5.74, 6) is -0.641. The number of methoxy groups -OCH3 is 2. The molecule has 2 rings (SSSR count). The number of halogens is 1. The van der Waals surface area contributed by atoms with Gasteiger partial charge >= 0.3 is 11.9 Å². The molecule has 0 fully saturated rings. The van der Waals surface area contributed by atoms with Gasteiger partial charge in [0.05, 0.1) is 30.9 Å². The first-order valence-corrected chi connectivity index (χ1v) is 14.2. The van der Waals surface area contributed by atoms with Crippen LogP contribution in [0, 0.1) is 0 Å². The molecule has 1 atom stereocenters. The minimum atomic E-state index is -1.90. The number of aliphatic imine (C=N–C) groups is 1. The molecule has 33 heavy (non-hydrogen) atoms. The van der Waals surface area contributed by atoms with Crippen molar-refractivity contribution in [2.45, 2.75) is 51.0 Å². The van der Waals surface area contributed by atoms with E-state index >= 15 is 0 Å². The Bertz CT molecular complexity index is 916. The van der Waals surface area contributed by atoms with Crippen LogP contribution in [-0.4, -0.2) is 71.4 Å². The summed E-state index contributed by atoms with van der Waals surface area (Å²) in [6, 6.07) is 5.44. The van der Waals surface area contributed by atoms with Crippen molar-refractivity contribution in [3.05, 3.63) is 28.2 Å². The second kappa shape index (κ2) is 10.5. The Morgan fingerprint density at radius 1 is 1.18 bits per heavy atom. The number of carbonyl (C=O) groups is 2. The van der Waals surface area contributed by atoms with Crippen molar-refractivity contribution in [3.8, 4) is 5.75 Å². The van der Waals surface area contributed by atoms with Gasteiger partial charge < -0.3 is 18.6 Å². The maximum absolute atomic E-state index is 12.5. The lowest BCUT2D eigenvalue weighted by Gasteiger charge is -2.36. The third kappa shape index (κ3) is 6.14. The van der Waals surface area contributed by atoms with Crippen molar-refractivity contribution >= 4 is 42.0 Å². The Kier molecular flexibility index (Phi) is 8.72. The first-order chi connectivity index (χ1) is 15.3. The Balaban J connectivity index is 2.31. The summed E-state index contributed by atoms with van der Waals surface area (Å²) >= 11 is 3.52. The summed E-state index contributed by atoms with van der Waals surface area (Å²) in [4.78, 5) is 34.6. The van der Waals surface area contributed by atoms with Crippen molar-refractivity contribution in [3.63, 3.8) is 0 Å². The zero-order valence-electron chi connectivity index (χ0n) is 20.5. The van der Waals surface area contributed by atoms with Crippen LogP contribution >= 0.6 is 15.9 Å². The third-order valence-electron chi connectivity index (χ3n) is 5.80. The van der Waals surface area contributed by atoms with Gasteiger partial charge in [-0.1, -0.05) is 26.8 Å². The van der Waals surface area contributed by atoms with Crippen LogP contribution < -0.4 is 4.74 Å². The largest absolute Gasteiger partial charge is 0.489 e. The molecule has 0 saturated carbocycles. The van der Waals surface area contributed by atoms with Gasteiger partial charge in [-0.05, 0) is 46.2 Å². The summed E-state index contributed by atoms with van der Waals surface area (Å²) in [6.07, 6.45) is -0.436. The fourth-order valence-electron chi connectivity index (χ4n) is 2.90. The van der Waals surface area contributed by atoms with Crippen LogP contribution in [0.2, 0.25) is 18.1 Å². The van der Waals surface area contributed by atoms with E-state index in [1.165, 1.54) is 19.3 Å². The topological polar surface area (TPSA) is 95.9 Å². The zero-order chi connectivity index (χ0) is 25.0. The van der Waals surface area contributed by atoms with Gasteiger partial charge in [-0.2, -0.15) is 0 Å². The number of hydrogen-bond donors (Lipinski definition) is 0. The summed E-state index contributed by atoms with van der Waals surface area (Å²) in [6.45, 7) is 11.7. The van der Waals surface area contributed by atoms with E-state index in [9.17, 15) is 9.59 Å². The molecule has 11 heteroatoms. The van der Waals surface area contributed by atoms with Gasteiger partial charge in [-0.15, -0.1) is 0 Å². The summed E-state index contributed by atoms with van der Waals surface area (Å²) < 4.78 is 22.5. The summed E-state index contributed by atoms with van der Waals surface area (Å²) in [7, 11) is 2.12. The second-order valence-corrected chi connectivity index (χ2v) is 14.8. The van der Waals surface area contributed by atoms with Crippen LogP contribution in [0.3, 0.4) is 0 Å². The second-order valence-electron chi connectivity index (χ2n) is 9.13. The molecule has 0 amide bonds. The molecule has 0 bridgehead atoms. The van der Waals surface area contributed by atoms with E-state index in [1.54, 1.807) is 13.1 Å². The third-order valence-corrected chi connectivity index (χ3v) is 11.0. The van der Waals surface area contributed by atoms with Crippen molar-refractivity contribution in [1.82, 2.24) is 5.06 Å². The van der Waals surface area contributed by atoms with Gasteiger partial charge in [-0.25, -0.2) is 19.7 Å². The molecule has 1 unspecified atom stereocenters. The fourth-order valence-corrected chi connectivity index (χ4v) is 4.41. The Hall–Kier alpha value is -1.95. The molecule has 184 valence electrons. The minimum absolute atomic E-state index is 0.0982. The number of rotatable bonds is 9. The highest BCUT2D eigenvalue weighted by atomic mass is 79.9. The maximum atomic E-state index is 12.5. The molecule has 1 aromatic carbocycles. The minimum Gasteiger partial charge on any atom is -0.489 e. The van der Waals surface area contributed by atoms with E-state index in [1.807, 2.05) is 12.1 Å². The van der Waals surface area contributed by atoms with Crippen LogP contribution in [0.25, 0.3) is 0 Å². The van der Waals surface area contributed by atoms with Crippen LogP contribution in [0.15, 0.2) is 27.7 Å². The summed E-state index contributed by atoms with van der Waals surface area (Å²) in [5, 5.41) is 1.42. The van der Waals surface area contributed by atoms with E-state index in [4.69, 9.17) is 23.5 Å². The van der Waals surface area contributed by atoms with Crippen LogP contribution in [0.5, 0.6) is 5.75 Å². The highest BCUT2D eigenvalue weighted by Gasteiger charge is 2.51. The van der Waals surface area contributed by atoms with Crippen molar-refractivity contribution in [1.29, 1.82) is 0 Å².